The van der Waals surface area contributed by atoms with Gasteiger partial charge in [0.25, 0.3) is 0 Å². The molecule has 0 fully saturated rings. The van der Waals surface area contributed by atoms with Crippen molar-refractivity contribution in [3.63, 3.8) is 0 Å². The van der Waals surface area contributed by atoms with E-state index in [0.717, 1.165) is 12.3 Å². The van der Waals surface area contributed by atoms with Crippen molar-refractivity contribution in [1.82, 2.24) is 5.32 Å². The van der Waals surface area contributed by atoms with Crippen molar-refractivity contribution in [2.45, 2.75) is 57.6 Å². The topological polar surface area (TPSA) is 21.3 Å². The van der Waals surface area contributed by atoms with Gasteiger partial charge >= 0.3 is 0 Å². The first-order chi connectivity index (χ1) is 9.67. The van der Waals surface area contributed by atoms with Crippen molar-refractivity contribution >= 4 is 0 Å². The van der Waals surface area contributed by atoms with Crippen molar-refractivity contribution in [3.05, 3.63) is 41.5 Å². The van der Waals surface area contributed by atoms with Crippen LogP contribution in [0.5, 0.6) is 5.75 Å². The summed E-state index contributed by atoms with van der Waals surface area (Å²) in [6.07, 6.45) is 8.92. The van der Waals surface area contributed by atoms with Crippen LogP contribution in [-0.2, 0) is 0 Å². The third-order valence-corrected chi connectivity index (χ3v) is 4.48. The second-order valence-electron chi connectivity index (χ2n) is 6.49. The molecule has 108 valence electrons. The standard InChI is InChI=1S/C18H25NO/c1-18(2)17(15-10-6-7-11-16(15)20-18)19-13-12-14-8-4-3-5-9-14/h6-8,10-11,17,19H,3-5,9,12-13H2,1-2H3. The molecule has 1 heterocycles. The van der Waals surface area contributed by atoms with Gasteiger partial charge in [-0.3, -0.25) is 0 Å². The van der Waals surface area contributed by atoms with Crippen LogP contribution >= 0.6 is 0 Å². The summed E-state index contributed by atoms with van der Waals surface area (Å²) in [4.78, 5) is 0. The number of benzene rings is 1. The smallest absolute Gasteiger partial charge is 0.125 e. The number of hydrogen-bond donors (Lipinski definition) is 1. The maximum absolute atomic E-state index is 6.07. The zero-order valence-corrected chi connectivity index (χ0v) is 12.6. The molecule has 2 heteroatoms. The summed E-state index contributed by atoms with van der Waals surface area (Å²) in [5.41, 5.74) is 2.77. The molecule has 3 rings (SSSR count). The van der Waals surface area contributed by atoms with Crippen molar-refractivity contribution in [2.24, 2.45) is 0 Å². The Kier molecular flexibility index (Phi) is 3.84. The molecule has 2 aliphatic rings. The Morgan fingerprint density at radius 2 is 2.10 bits per heavy atom. The number of rotatable bonds is 4. The highest BCUT2D eigenvalue weighted by Crippen LogP contribution is 2.42. The monoisotopic (exact) mass is 271 g/mol. The molecule has 1 aliphatic carbocycles. The number of nitrogens with one attached hydrogen (secondary N) is 1. The summed E-state index contributed by atoms with van der Waals surface area (Å²) < 4.78 is 6.07. The van der Waals surface area contributed by atoms with Gasteiger partial charge < -0.3 is 10.1 Å². The fraction of sp³-hybridized carbons (Fsp3) is 0.556. The van der Waals surface area contributed by atoms with Crippen molar-refractivity contribution in [1.29, 1.82) is 0 Å². The first kappa shape index (κ1) is 13.7. The van der Waals surface area contributed by atoms with Gasteiger partial charge in [-0.05, 0) is 58.6 Å². The third-order valence-electron chi connectivity index (χ3n) is 4.48. The largest absolute Gasteiger partial charge is 0.486 e. The Balaban J connectivity index is 1.63. The van der Waals surface area contributed by atoms with Crippen LogP contribution in [0.15, 0.2) is 35.9 Å². The van der Waals surface area contributed by atoms with Crippen LogP contribution in [0.2, 0.25) is 0 Å². The molecule has 0 amide bonds. The van der Waals surface area contributed by atoms with Crippen molar-refractivity contribution in [2.75, 3.05) is 6.54 Å². The van der Waals surface area contributed by atoms with E-state index in [0.29, 0.717) is 6.04 Å². The third kappa shape index (κ3) is 2.76. The second kappa shape index (κ2) is 5.61. The van der Waals surface area contributed by atoms with E-state index in [4.69, 9.17) is 4.74 Å². The van der Waals surface area contributed by atoms with Crippen LogP contribution in [0.1, 0.15) is 57.6 Å². The lowest BCUT2D eigenvalue weighted by Gasteiger charge is -2.27. The Morgan fingerprint density at radius 3 is 2.90 bits per heavy atom. The Bertz CT molecular complexity index is 504. The molecule has 0 radical (unpaired) electrons. The van der Waals surface area contributed by atoms with Gasteiger partial charge in [0.15, 0.2) is 0 Å². The molecule has 1 unspecified atom stereocenters. The molecule has 20 heavy (non-hydrogen) atoms. The zero-order valence-electron chi connectivity index (χ0n) is 12.6. The lowest BCUT2D eigenvalue weighted by Crippen LogP contribution is -2.39. The summed E-state index contributed by atoms with van der Waals surface area (Å²) >= 11 is 0. The first-order valence-corrected chi connectivity index (χ1v) is 7.86. The minimum atomic E-state index is -0.162. The Morgan fingerprint density at radius 1 is 1.25 bits per heavy atom. The molecule has 0 bridgehead atoms. The average molecular weight is 271 g/mol. The fourth-order valence-corrected chi connectivity index (χ4v) is 3.39. The van der Waals surface area contributed by atoms with Crippen LogP contribution in [-0.4, -0.2) is 12.1 Å². The molecule has 0 aromatic heterocycles. The molecule has 0 spiro atoms. The van der Waals surface area contributed by atoms with E-state index in [9.17, 15) is 0 Å². The highest BCUT2D eigenvalue weighted by molar-refractivity contribution is 5.42. The number of allylic oxidation sites excluding steroid dienone is 1. The minimum absolute atomic E-state index is 0.162. The van der Waals surface area contributed by atoms with Crippen LogP contribution in [0.4, 0.5) is 0 Å². The summed E-state index contributed by atoms with van der Waals surface area (Å²) in [6.45, 7) is 5.38. The maximum atomic E-state index is 6.07. The molecule has 1 N–H and O–H groups in total. The summed E-state index contributed by atoms with van der Waals surface area (Å²) in [5, 5.41) is 3.71. The van der Waals surface area contributed by atoms with Crippen LogP contribution in [0, 0.1) is 0 Å². The van der Waals surface area contributed by atoms with E-state index in [2.05, 4.69) is 43.4 Å². The number of hydrogen-bond acceptors (Lipinski definition) is 2. The molecule has 0 saturated carbocycles. The van der Waals surface area contributed by atoms with Gasteiger partial charge in [0.05, 0.1) is 6.04 Å². The quantitative estimate of drug-likeness (QED) is 0.821. The highest BCUT2D eigenvalue weighted by Gasteiger charge is 2.40. The average Bonchev–Trinajstić information content (AvgIpc) is 2.71. The molecule has 2 nitrogen and oxygen atoms in total. The number of para-hydroxylation sites is 1. The van der Waals surface area contributed by atoms with Gasteiger partial charge in [-0.2, -0.15) is 0 Å². The molecule has 1 atom stereocenters. The van der Waals surface area contributed by atoms with Crippen LogP contribution < -0.4 is 10.1 Å². The Labute approximate surface area is 122 Å². The lowest BCUT2D eigenvalue weighted by molar-refractivity contribution is 0.0967. The Hall–Kier alpha value is -1.28. The van der Waals surface area contributed by atoms with Gasteiger partial charge in [0.1, 0.15) is 11.4 Å². The minimum Gasteiger partial charge on any atom is -0.486 e. The summed E-state index contributed by atoms with van der Waals surface area (Å²) in [6, 6.07) is 8.69. The highest BCUT2D eigenvalue weighted by atomic mass is 16.5. The maximum Gasteiger partial charge on any atom is 0.125 e. The van der Waals surface area contributed by atoms with Gasteiger partial charge in [-0.25, -0.2) is 0 Å². The van der Waals surface area contributed by atoms with E-state index in [1.165, 1.54) is 37.7 Å². The van der Waals surface area contributed by atoms with Gasteiger partial charge in [-0.15, -0.1) is 0 Å². The molecule has 0 saturated heterocycles. The zero-order chi connectivity index (χ0) is 14.0. The van der Waals surface area contributed by atoms with Crippen LogP contribution in [0.3, 0.4) is 0 Å². The van der Waals surface area contributed by atoms with Gasteiger partial charge in [-0.1, -0.05) is 29.8 Å². The molecule has 1 aromatic rings. The molecule has 1 aliphatic heterocycles. The van der Waals surface area contributed by atoms with E-state index >= 15 is 0 Å². The van der Waals surface area contributed by atoms with E-state index in [1.54, 1.807) is 5.57 Å². The first-order valence-electron chi connectivity index (χ1n) is 7.86. The van der Waals surface area contributed by atoms with E-state index in [-0.39, 0.29) is 5.60 Å². The second-order valence-corrected chi connectivity index (χ2v) is 6.49. The summed E-state index contributed by atoms with van der Waals surface area (Å²) in [5.74, 6) is 1.03. The van der Waals surface area contributed by atoms with Crippen molar-refractivity contribution < 1.29 is 4.74 Å². The predicted octanol–water partition coefficient (Wildman–Crippen LogP) is 4.38. The SMILES string of the molecule is CC1(C)Oc2ccccc2C1NCCC1=CCCCC1. The summed E-state index contributed by atoms with van der Waals surface area (Å²) in [7, 11) is 0. The normalized spacial score (nSPS) is 23.9. The fourth-order valence-electron chi connectivity index (χ4n) is 3.39. The predicted molar refractivity (Wildman–Crippen MR) is 83.1 cm³/mol. The van der Waals surface area contributed by atoms with Gasteiger partial charge in [0.2, 0.25) is 0 Å². The van der Waals surface area contributed by atoms with Crippen molar-refractivity contribution in [3.8, 4) is 5.75 Å². The molecule has 1 aromatic carbocycles. The molecular weight excluding hydrogens is 246 g/mol. The van der Waals surface area contributed by atoms with E-state index in [1.807, 2.05) is 6.07 Å². The number of fused-ring (bicyclic) bond motifs is 1. The van der Waals surface area contributed by atoms with E-state index < -0.39 is 0 Å². The molecular formula is C18H25NO. The van der Waals surface area contributed by atoms with Gasteiger partial charge in [0, 0.05) is 5.56 Å². The van der Waals surface area contributed by atoms with Crippen LogP contribution in [0.25, 0.3) is 0 Å². The lowest BCUT2D eigenvalue weighted by atomic mass is 9.93. The number of ether oxygens (including phenoxy) is 1.